The molecule has 0 saturated heterocycles. The van der Waals surface area contributed by atoms with Gasteiger partial charge in [0.25, 0.3) is 0 Å². The summed E-state index contributed by atoms with van der Waals surface area (Å²) in [5.74, 6) is 0.890. The molecule has 0 aromatic heterocycles. The second-order valence-electron chi connectivity index (χ2n) is 4.63. The Morgan fingerprint density at radius 2 is 1.79 bits per heavy atom. The summed E-state index contributed by atoms with van der Waals surface area (Å²) in [4.78, 5) is 0. The van der Waals surface area contributed by atoms with Gasteiger partial charge in [-0.3, -0.25) is 0 Å². The van der Waals surface area contributed by atoms with Crippen molar-refractivity contribution in [3.05, 3.63) is 54.1 Å². The van der Waals surface area contributed by atoms with Crippen LogP contribution in [0.5, 0.6) is 5.75 Å². The molecular formula is C17H21NO. The average molecular weight is 255 g/mol. The standard InChI is InChI=1S/C17H21NO/c1-4-18-13(2)15-6-5-7-16(12-15)14-8-10-17(19-3)11-9-14/h5-13,18H,4H2,1-3H3. The molecule has 1 unspecified atom stereocenters. The Hall–Kier alpha value is -1.80. The summed E-state index contributed by atoms with van der Waals surface area (Å²) in [5.41, 5.74) is 3.77. The van der Waals surface area contributed by atoms with E-state index in [1.165, 1.54) is 16.7 Å². The van der Waals surface area contributed by atoms with Crippen LogP contribution >= 0.6 is 0 Å². The third kappa shape index (κ3) is 3.36. The smallest absolute Gasteiger partial charge is 0.118 e. The van der Waals surface area contributed by atoms with E-state index >= 15 is 0 Å². The van der Waals surface area contributed by atoms with Crippen molar-refractivity contribution in [1.82, 2.24) is 5.32 Å². The molecule has 1 atom stereocenters. The highest BCUT2D eigenvalue weighted by atomic mass is 16.5. The van der Waals surface area contributed by atoms with Crippen LogP contribution in [0.4, 0.5) is 0 Å². The first-order valence-corrected chi connectivity index (χ1v) is 6.72. The number of benzene rings is 2. The zero-order valence-electron chi connectivity index (χ0n) is 11.8. The summed E-state index contributed by atoms with van der Waals surface area (Å²) < 4.78 is 5.19. The van der Waals surface area contributed by atoms with Crippen LogP contribution in [0.15, 0.2) is 48.5 Å². The maximum absolute atomic E-state index is 5.19. The molecule has 0 heterocycles. The molecule has 0 aliphatic heterocycles. The van der Waals surface area contributed by atoms with Crippen LogP contribution in [0.25, 0.3) is 11.1 Å². The minimum Gasteiger partial charge on any atom is -0.497 e. The van der Waals surface area contributed by atoms with Gasteiger partial charge >= 0.3 is 0 Å². The third-order valence-electron chi connectivity index (χ3n) is 3.32. The molecule has 2 aromatic rings. The lowest BCUT2D eigenvalue weighted by Gasteiger charge is -2.14. The molecule has 100 valence electrons. The molecule has 1 N–H and O–H groups in total. The number of hydrogen-bond donors (Lipinski definition) is 1. The Kier molecular flexibility index (Phi) is 4.58. The molecule has 0 amide bonds. The van der Waals surface area contributed by atoms with Crippen molar-refractivity contribution in [2.45, 2.75) is 19.9 Å². The van der Waals surface area contributed by atoms with Crippen molar-refractivity contribution in [2.75, 3.05) is 13.7 Å². The van der Waals surface area contributed by atoms with E-state index in [0.29, 0.717) is 6.04 Å². The normalized spacial score (nSPS) is 12.2. The molecule has 0 fully saturated rings. The number of nitrogens with one attached hydrogen (secondary N) is 1. The van der Waals surface area contributed by atoms with Gasteiger partial charge in [-0.1, -0.05) is 37.3 Å². The van der Waals surface area contributed by atoms with Crippen molar-refractivity contribution in [2.24, 2.45) is 0 Å². The fourth-order valence-corrected chi connectivity index (χ4v) is 2.20. The summed E-state index contributed by atoms with van der Waals surface area (Å²) >= 11 is 0. The molecule has 19 heavy (non-hydrogen) atoms. The molecule has 2 nitrogen and oxygen atoms in total. The van der Waals surface area contributed by atoms with Gasteiger partial charge in [-0.15, -0.1) is 0 Å². The Bertz CT molecular complexity index is 519. The van der Waals surface area contributed by atoms with E-state index < -0.39 is 0 Å². The Morgan fingerprint density at radius 1 is 1.05 bits per heavy atom. The van der Waals surface area contributed by atoms with Crippen LogP contribution in [-0.2, 0) is 0 Å². The first-order valence-electron chi connectivity index (χ1n) is 6.72. The van der Waals surface area contributed by atoms with Gasteiger partial charge in [0.2, 0.25) is 0 Å². The Morgan fingerprint density at radius 3 is 2.42 bits per heavy atom. The van der Waals surface area contributed by atoms with E-state index in [1.807, 2.05) is 12.1 Å². The monoisotopic (exact) mass is 255 g/mol. The van der Waals surface area contributed by atoms with E-state index in [9.17, 15) is 0 Å². The predicted molar refractivity (Wildman–Crippen MR) is 80.5 cm³/mol. The van der Waals surface area contributed by atoms with Gasteiger partial charge in [0.05, 0.1) is 7.11 Å². The third-order valence-corrected chi connectivity index (χ3v) is 3.32. The van der Waals surface area contributed by atoms with Gasteiger partial charge in [-0.25, -0.2) is 0 Å². The van der Waals surface area contributed by atoms with E-state index in [4.69, 9.17) is 4.74 Å². The van der Waals surface area contributed by atoms with Crippen molar-refractivity contribution < 1.29 is 4.74 Å². The second-order valence-corrected chi connectivity index (χ2v) is 4.63. The first-order chi connectivity index (χ1) is 9.24. The molecule has 2 heteroatoms. The average Bonchev–Trinajstić information content (AvgIpc) is 2.48. The van der Waals surface area contributed by atoms with E-state index in [-0.39, 0.29) is 0 Å². The van der Waals surface area contributed by atoms with Crippen LogP contribution in [-0.4, -0.2) is 13.7 Å². The fourth-order valence-electron chi connectivity index (χ4n) is 2.20. The summed E-state index contributed by atoms with van der Waals surface area (Å²) in [6, 6.07) is 17.2. The molecule has 0 aliphatic carbocycles. The minimum atomic E-state index is 0.378. The van der Waals surface area contributed by atoms with Gasteiger partial charge in [0.15, 0.2) is 0 Å². The second kappa shape index (κ2) is 6.39. The topological polar surface area (TPSA) is 21.3 Å². The van der Waals surface area contributed by atoms with Gasteiger partial charge in [-0.05, 0) is 48.4 Å². The molecule has 0 bridgehead atoms. The summed E-state index contributed by atoms with van der Waals surface area (Å²) in [5, 5.41) is 3.44. The van der Waals surface area contributed by atoms with Gasteiger partial charge < -0.3 is 10.1 Å². The Balaban J connectivity index is 2.26. The minimum absolute atomic E-state index is 0.378. The number of ether oxygens (including phenoxy) is 1. The molecule has 0 aliphatic rings. The first kappa shape index (κ1) is 13.6. The van der Waals surface area contributed by atoms with Crippen molar-refractivity contribution in [1.29, 1.82) is 0 Å². The summed E-state index contributed by atoms with van der Waals surface area (Å²) in [7, 11) is 1.69. The SMILES string of the molecule is CCNC(C)c1cccc(-c2ccc(OC)cc2)c1. The van der Waals surface area contributed by atoms with Crippen LogP contribution in [0.3, 0.4) is 0 Å². The summed E-state index contributed by atoms with van der Waals surface area (Å²) in [6.45, 7) is 5.30. The van der Waals surface area contributed by atoms with Crippen molar-refractivity contribution in [3.8, 4) is 16.9 Å². The highest BCUT2D eigenvalue weighted by Gasteiger charge is 2.05. The molecule has 0 spiro atoms. The van der Waals surface area contributed by atoms with Crippen molar-refractivity contribution >= 4 is 0 Å². The van der Waals surface area contributed by atoms with Crippen LogP contribution < -0.4 is 10.1 Å². The Labute approximate surface area is 115 Å². The lowest BCUT2D eigenvalue weighted by molar-refractivity contribution is 0.415. The van der Waals surface area contributed by atoms with E-state index in [2.05, 4.69) is 55.6 Å². The molecule has 0 saturated carbocycles. The van der Waals surface area contributed by atoms with E-state index in [1.54, 1.807) is 7.11 Å². The van der Waals surface area contributed by atoms with Crippen LogP contribution in [0, 0.1) is 0 Å². The highest BCUT2D eigenvalue weighted by Crippen LogP contribution is 2.25. The fraction of sp³-hybridized carbons (Fsp3) is 0.294. The number of hydrogen-bond acceptors (Lipinski definition) is 2. The zero-order chi connectivity index (χ0) is 13.7. The highest BCUT2D eigenvalue weighted by molar-refractivity contribution is 5.65. The molecule has 2 aromatic carbocycles. The lowest BCUT2D eigenvalue weighted by atomic mass is 10.00. The summed E-state index contributed by atoms with van der Waals surface area (Å²) in [6.07, 6.45) is 0. The lowest BCUT2D eigenvalue weighted by Crippen LogP contribution is -2.17. The largest absolute Gasteiger partial charge is 0.497 e. The zero-order valence-corrected chi connectivity index (χ0v) is 11.8. The van der Waals surface area contributed by atoms with Gasteiger partial charge in [0.1, 0.15) is 5.75 Å². The number of rotatable bonds is 5. The van der Waals surface area contributed by atoms with Crippen molar-refractivity contribution in [3.63, 3.8) is 0 Å². The maximum Gasteiger partial charge on any atom is 0.118 e. The molecule has 2 rings (SSSR count). The van der Waals surface area contributed by atoms with Crippen LogP contribution in [0.1, 0.15) is 25.5 Å². The quantitative estimate of drug-likeness (QED) is 0.871. The maximum atomic E-state index is 5.19. The molecular weight excluding hydrogens is 234 g/mol. The predicted octanol–water partition coefficient (Wildman–Crippen LogP) is 4.03. The number of methoxy groups -OCH3 is 1. The van der Waals surface area contributed by atoms with Gasteiger partial charge in [0, 0.05) is 6.04 Å². The van der Waals surface area contributed by atoms with Gasteiger partial charge in [-0.2, -0.15) is 0 Å². The van der Waals surface area contributed by atoms with Crippen LogP contribution in [0.2, 0.25) is 0 Å². The molecule has 0 radical (unpaired) electrons. The van der Waals surface area contributed by atoms with E-state index in [0.717, 1.165) is 12.3 Å².